The lowest BCUT2D eigenvalue weighted by Crippen LogP contribution is -2.46. The molecule has 0 aliphatic carbocycles. The largest absolute Gasteiger partial charge is 0.307 e. The van der Waals surface area contributed by atoms with Crippen LogP contribution < -0.4 is 5.32 Å². The first kappa shape index (κ1) is 11.6. The minimum absolute atomic E-state index is 0.215. The molecule has 1 N–H and O–H groups in total. The van der Waals surface area contributed by atoms with Crippen LogP contribution in [0.25, 0.3) is 0 Å². The van der Waals surface area contributed by atoms with Crippen LogP contribution in [0.4, 0.5) is 4.39 Å². The standard InChI is InChI=1S/C12H13ClFNO/c1-12(7-11(13)16)10-3-2-9(14)6-8(10)4-5-15-12/h2-3,6,15H,4-5,7H2,1H3. The second-order valence-electron chi connectivity index (χ2n) is 4.34. The van der Waals surface area contributed by atoms with Crippen molar-refractivity contribution in [1.82, 2.24) is 5.32 Å². The summed E-state index contributed by atoms with van der Waals surface area (Å²) in [7, 11) is 0. The monoisotopic (exact) mass is 241 g/mol. The second-order valence-corrected chi connectivity index (χ2v) is 4.76. The van der Waals surface area contributed by atoms with Crippen molar-refractivity contribution in [2.24, 2.45) is 0 Å². The van der Waals surface area contributed by atoms with E-state index in [1.807, 2.05) is 6.92 Å². The summed E-state index contributed by atoms with van der Waals surface area (Å²) in [4.78, 5) is 11.0. The first-order valence-corrected chi connectivity index (χ1v) is 5.61. The third-order valence-corrected chi connectivity index (χ3v) is 3.20. The number of carbonyl (C=O) groups excluding carboxylic acids is 1. The smallest absolute Gasteiger partial charge is 0.223 e. The van der Waals surface area contributed by atoms with Crippen LogP contribution in [0.3, 0.4) is 0 Å². The average molecular weight is 242 g/mol. The molecule has 2 nitrogen and oxygen atoms in total. The fourth-order valence-electron chi connectivity index (χ4n) is 2.31. The zero-order chi connectivity index (χ0) is 11.8. The van der Waals surface area contributed by atoms with Crippen LogP contribution in [0.15, 0.2) is 18.2 Å². The molecule has 1 aromatic rings. The molecule has 1 atom stereocenters. The lowest BCUT2D eigenvalue weighted by molar-refractivity contribution is -0.113. The molecule has 1 heterocycles. The van der Waals surface area contributed by atoms with Crippen LogP contribution in [0, 0.1) is 5.82 Å². The van der Waals surface area contributed by atoms with Gasteiger partial charge in [0.25, 0.3) is 0 Å². The summed E-state index contributed by atoms with van der Waals surface area (Å²) in [6, 6.07) is 4.69. The summed E-state index contributed by atoms with van der Waals surface area (Å²) in [5.41, 5.74) is 1.45. The molecular weight excluding hydrogens is 229 g/mol. The minimum atomic E-state index is -0.472. The molecule has 1 unspecified atom stereocenters. The van der Waals surface area contributed by atoms with Crippen molar-refractivity contribution in [2.75, 3.05) is 6.54 Å². The van der Waals surface area contributed by atoms with Crippen molar-refractivity contribution in [3.63, 3.8) is 0 Å². The van der Waals surface area contributed by atoms with Crippen LogP contribution >= 0.6 is 11.6 Å². The number of halogens is 2. The summed E-state index contributed by atoms with van der Waals surface area (Å²) in [5.74, 6) is -0.236. The number of hydrogen-bond acceptors (Lipinski definition) is 2. The van der Waals surface area contributed by atoms with Gasteiger partial charge in [-0.3, -0.25) is 4.79 Å². The highest BCUT2D eigenvalue weighted by atomic mass is 35.5. The average Bonchev–Trinajstić information content (AvgIpc) is 2.15. The minimum Gasteiger partial charge on any atom is -0.307 e. The van der Waals surface area contributed by atoms with Gasteiger partial charge in [-0.05, 0) is 48.2 Å². The lowest BCUT2D eigenvalue weighted by atomic mass is 9.82. The van der Waals surface area contributed by atoms with Crippen LogP contribution in [-0.2, 0) is 16.8 Å². The Hall–Kier alpha value is -0.930. The maximum Gasteiger partial charge on any atom is 0.223 e. The molecule has 4 heteroatoms. The van der Waals surface area contributed by atoms with Gasteiger partial charge < -0.3 is 5.32 Å². The van der Waals surface area contributed by atoms with Crippen molar-refractivity contribution in [1.29, 1.82) is 0 Å². The highest BCUT2D eigenvalue weighted by Crippen LogP contribution is 2.32. The molecule has 0 saturated heterocycles. The number of nitrogens with one attached hydrogen (secondary N) is 1. The zero-order valence-electron chi connectivity index (χ0n) is 9.02. The molecule has 0 saturated carbocycles. The van der Waals surface area contributed by atoms with Crippen molar-refractivity contribution in [2.45, 2.75) is 25.3 Å². The normalized spacial score (nSPS) is 23.9. The van der Waals surface area contributed by atoms with Gasteiger partial charge in [0, 0.05) is 18.5 Å². The SMILES string of the molecule is CC1(CC(=O)Cl)NCCc2cc(F)ccc21. The summed E-state index contributed by atoms with van der Waals surface area (Å²) in [6.07, 6.45) is 0.992. The highest BCUT2D eigenvalue weighted by Gasteiger charge is 2.33. The van der Waals surface area contributed by atoms with Gasteiger partial charge >= 0.3 is 0 Å². The van der Waals surface area contributed by atoms with Crippen LogP contribution in [0.5, 0.6) is 0 Å². The Balaban J connectivity index is 2.43. The number of carbonyl (C=O) groups is 1. The maximum atomic E-state index is 13.1. The fraction of sp³-hybridized carbons (Fsp3) is 0.417. The summed E-state index contributed by atoms with van der Waals surface area (Å²) < 4.78 is 13.1. The predicted octanol–water partition coefficient (Wildman–Crippen LogP) is 2.34. The van der Waals surface area contributed by atoms with Gasteiger partial charge in [-0.2, -0.15) is 0 Å². The van der Waals surface area contributed by atoms with Crippen molar-refractivity contribution < 1.29 is 9.18 Å². The van der Waals surface area contributed by atoms with Gasteiger partial charge in [0.15, 0.2) is 0 Å². The van der Waals surface area contributed by atoms with E-state index < -0.39 is 5.54 Å². The Morgan fingerprint density at radius 3 is 3.06 bits per heavy atom. The van der Waals surface area contributed by atoms with Crippen LogP contribution in [-0.4, -0.2) is 11.8 Å². The molecule has 0 radical (unpaired) electrons. The lowest BCUT2D eigenvalue weighted by Gasteiger charge is -2.36. The van der Waals surface area contributed by atoms with Crippen LogP contribution in [0.1, 0.15) is 24.5 Å². The van der Waals surface area contributed by atoms with Crippen molar-refractivity contribution in [3.8, 4) is 0 Å². The first-order chi connectivity index (χ1) is 7.51. The van der Waals surface area contributed by atoms with Crippen molar-refractivity contribution >= 4 is 16.8 Å². The number of benzene rings is 1. The molecule has 0 fully saturated rings. The van der Waals surface area contributed by atoms with Gasteiger partial charge in [-0.1, -0.05) is 6.07 Å². The third kappa shape index (κ3) is 2.11. The summed E-state index contributed by atoms with van der Waals surface area (Å²) >= 11 is 5.45. The van der Waals surface area contributed by atoms with E-state index in [9.17, 15) is 9.18 Å². The fourth-order valence-corrected chi connectivity index (χ4v) is 2.58. The highest BCUT2D eigenvalue weighted by molar-refractivity contribution is 6.63. The third-order valence-electron chi connectivity index (χ3n) is 3.06. The Morgan fingerprint density at radius 1 is 1.62 bits per heavy atom. The van der Waals surface area contributed by atoms with Gasteiger partial charge in [-0.15, -0.1) is 0 Å². The van der Waals surface area contributed by atoms with E-state index in [4.69, 9.17) is 11.6 Å². The van der Waals surface area contributed by atoms with E-state index in [0.29, 0.717) is 0 Å². The Morgan fingerprint density at radius 2 is 2.38 bits per heavy atom. The molecular formula is C12H13ClFNO. The van der Waals surface area contributed by atoms with Gasteiger partial charge in [0.2, 0.25) is 5.24 Å². The molecule has 86 valence electrons. The molecule has 0 aromatic heterocycles. The predicted molar refractivity (Wildman–Crippen MR) is 60.9 cm³/mol. The van der Waals surface area contributed by atoms with Crippen molar-refractivity contribution in [3.05, 3.63) is 35.1 Å². The van der Waals surface area contributed by atoms with Gasteiger partial charge in [-0.25, -0.2) is 4.39 Å². The zero-order valence-corrected chi connectivity index (χ0v) is 9.77. The van der Waals surface area contributed by atoms with E-state index in [1.54, 1.807) is 6.07 Å². The topological polar surface area (TPSA) is 29.1 Å². The Kier molecular flexibility index (Phi) is 3.00. The Bertz CT molecular complexity index is 435. The molecule has 1 aromatic carbocycles. The quantitative estimate of drug-likeness (QED) is 0.806. The number of fused-ring (bicyclic) bond motifs is 1. The number of hydrogen-bond donors (Lipinski definition) is 1. The van der Waals surface area contributed by atoms with E-state index >= 15 is 0 Å². The molecule has 2 rings (SSSR count). The van der Waals surface area contributed by atoms with Gasteiger partial charge in [0.1, 0.15) is 5.82 Å². The van der Waals surface area contributed by atoms with E-state index in [0.717, 1.165) is 24.1 Å². The summed E-state index contributed by atoms with van der Waals surface area (Å²) in [6.45, 7) is 2.65. The summed E-state index contributed by atoms with van der Waals surface area (Å²) in [5, 5.41) is 2.89. The molecule has 1 aliphatic rings. The van der Waals surface area contributed by atoms with E-state index in [2.05, 4.69) is 5.32 Å². The molecule has 1 aliphatic heterocycles. The first-order valence-electron chi connectivity index (χ1n) is 5.23. The second kappa shape index (κ2) is 4.15. The van der Waals surface area contributed by atoms with Gasteiger partial charge in [0.05, 0.1) is 0 Å². The van der Waals surface area contributed by atoms with E-state index in [1.165, 1.54) is 12.1 Å². The molecule has 0 bridgehead atoms. The molecule has 16 heavy (non-hydrogen) atoms. The molecule has 0 amide bonds. The molecule has 0 spiro atoms. The van der Waals surface area contributed by atoms with Crippen LogP contribution in [0.2, 0.25) is 0 Å². The Labute approximate surface area is 98.8 Å². The maximum absolute atomic E-state index is 13.1. The number of rotatable bonds is 2. The van der Waals surface area contributed by atoms with E-state index in [-0.39, 0.29) is 17.5 Å².